The van der Waals surface area contributed by atoms with E-state index >= 15 is 0 Å². The number of nitrogens with zero attached hydrogens (tertiary/aromatic N) is 2. The lowest BCUT2D eigenvalue weighted by atomic mass is 10.1. The summed E-state index contributed by atoms with van der Waals surface area (Å²) >= 11 is 0. The van der Waals surface area contributed by atoms with Crippen LogP contribution in [0.15, 0.2) is 24.5 Å². The molecule has 0 bridgehead atoms. The van der Waals surface area contributed by atoms with E-state index in [0.717, 1.165) is 6.54 Å². The molecule has 1 aromatic heterocycles. The summed E-state index contributed by atoms with van der Waals surface area (Å²) in [6, 6.07) is 4.67. The van der Waals surface area contributed by atoms with E-state index in [4.69, 9.17) is 10.5 Å². The standard InChI is InChI=1S/C12H14FN3O/c1-3-16-7-15-11(12(16)14)8-4-5-10(17-2)9(13)6-8/h4-7H,3,14H2,1-2H3. The van der Waals surface area contributed by atoms with E-state index in [2.05, 4.69) is 4.98 Å². The van der Waals surface area contributed by atoms with Gasteiger partial charge in [-0.1, -0.05) is 0 Å². The van der Waals surface area contributed by atoms with E-state index in [0.29, 0.717) is 17.1 Å². The van der Waals surface area contributed by atoms with Crippen LogP contribution in [0.3, 0.4) is 0 Å². The van der Waals surface area contributed by atoms with Crippen molar-refractivity contribution in [1.29, 1.82) is 0 Å². The fraction of sp³-hybridized carbons (Fsp3) is 0.250. The van der Waals surface area contributed by atoms with Crippen molar-refractivity contribution in [2.75, 3.05) is 12.8 Å². The van der Waals surface area contributed by atoms with Gasteiger partial charge < -0.3 is 15.0 Å². The Bertz CT molecular complexity index is 537. The summed E-state index contributed by atoms with van der Waals surface area (Å²) < 4.78 is 20.2. The third kappa shape index (κ3) is 1.95. The lowest BCUT2D eigenvalue weighted by Gasteiger charge is -2.05. The van der Waals surface area contributed by atoms with Crippen LogP contribution in [0, 0.1) is 5.82 Å². The quantitative estimate of drug-likeness (QED) is 0.888. The van der Waals surface area contributed by atoms with Crippen molar-refractivity contribution >= 4 is 5.82 Å². The van der Waals surface area contributed by atoms with Gasteiger partial charge in [0.25, 0.3) is 0 Å². The number of benzene rings is 1. The number of hydrogen-bond acceptors (Lipinski definition) is 3. The van der Waals surface area contributed by atoms with Gasteiger partial charge in [0, 0.05) is 12.1 Å². The SMILES string of the molecule is CCn1cnc(-c2ccc(OC)c(F)c2)c1N. The minimum absolute atomic E-state index is 0.210. The van der Waals surface area contributed by atoms with Crippen LogP contribution < -0.4 is 10.5 Å². The minimum Gasteiger partial charge on any atom is -0.494 e. The van der Waals surface area contributed by atoms with Crippen molar-refractivity contribution in [3.8, 4) is 17.0 Å². The monoisotopic (exact) mass is 235 g/mol. The molecule has 1 aromatic carbocycles. The van der Waals surface area contributed by atoms with E-state index in [-0.39, 0.29) is 5.75 Å². The van der Waals surface area contributed by atoms with Gasteiger partial charge in [0.1, 0.15) is 11.5 Å². The summed E-state index contributed by atoms with van der Waals surface area (Å²) in [6.45, 7) is 2.70. The van der Waals surface area contributed by atoms with Gasteiger partial charge in [-0.25, -0.2) is 9.37 Å². The van der Waals surface area contributed by atoms with Crippen molar-refractivity contribution in [2.45, 2.75) is 13.5 Å². The van der Waals surface area contributed by atoms with E-state index in [1.54, 1.807) is 23.0 Å². The number of ether oxygens (including phenoxy) is 1. The van der Waals surface area contributed by atoms with Crippen LogP contribution in [-0.2, 0) is 6.54 Å². The smallest absolute Gasteiger partial charge is 0.165 e. The van der Waals surface area contributed by atoms with E-state index < -0.39 is 5.82 Å². The number of methoxy groups -OCH3 is 1. The minimum atomic E-state index is -0.421. The molecule has 0 radical (unpaired) electrons. The number of imidazole rings is 1. The van der Waals surface area contributed by atoms with Crippen LogP contribution in [0.5, 0.6) is 5.75 Å². The molecule has 0 aliphatic rings. The molecule has 5 heteroatoms. The molecule has 0 unspecified atom stereocenters. The van der Waals surface area contributed by atoms with Crippen molar-refractivity contribution in [3.05, 3.63) is 30.3 Å². The second kappa shape index (κ2) is 4.45. The molecule has 0 aliphatic heterocycles. The van der Waals surface area contributed by atoms with Crippen molar-refractivity contribution < 1.29 is 9.13 Å². The molecule has 1 heterocycles. The average Bonchev–Trinajstić information content (AvgIpc) is 2.70. The Hall–Kier alpha value is -2.04. The molecule has 0 amide bonds. The molecule has 2 aromatic rings. The molecular formula is C12H14FN3O. The van der Waals surface area contributed by atoms with Crippen molar-refractivity contribution in [1.82, 2.24) is 9.55 Å². The second-order valence-corrected chi connectivity index (χ2v) is 3.61. The topological polar surface area (TPSA) is 53.1 Å². The van der Waals surface area contributed by atoms with Gasteiger partial charge in [0.05, 0.1) is 13.4 Å². The number of rotatable bonds is 3. The maximum atomic E-state index is 13.6. The molecule has 0 fully saturated rings. The number of nitrogens with two attached hydrogens (primary N) is 1. The third-order valence-electron chi connectivity index (χ3n) is 2.64. The summed E-state index contributed by atoms with van der Waals surface area (Å²) in [6.07, 6.45) is 1.65. The first-order valence-corrected chi connectivity index (χ1v) is 5.32. The highest BCUT2D eigenvalue weighted by atomic mass is 19.1. The number of hydrogen-bond donors (Lipinski definition) is 1. The van der Waals surface area contributed by atoms with Crippen LogP contribution in [0.4, 0.5) is 10.2 Å². The highest BCUT2D eigenvalue weighted by Gasteiger charge is 2.11. The average molecular weight is 235 g/mol. The highest BCUT2D eigenvalue weighted by molar-refractivity contribution is 5.70. The van der Waals surface area contributed by atoms with Gasteiger partial charge >= 0.3 is 0 Å². The Morgan fingerprint density at radius 1 is 1.47 bits per heavy atom. The van der Waals surface area contributed by atoms with Gasteiger partial charge in [0.15, 0.2) is 11.6 Å². The van der Waals surface area contributed by atoms with Gasteiger partial charge in [-0.2, -0.15) is 0 Å². The number of halogens is 1. The molecule has 0 spiro atoms. The molecule has 17 heavy (non-hydrogen) atoms. The summed E-state index contributed by atoms with van der Waals surface area (Å²) in [5.41, 5.74) is 7.15. The molecule has 90 valence electrons. The number of aromatic nitrogens is 2. The fourth-order valence-corrected chi connectivity index (χ4v) is 1.68. The normalized spacial score (nSPS) is 10.5. The molecule has 2 N–H and O–H groups in total. The summed E-state index contributed by atoms with van der Waals surface area (Å²) in [5.74, 6) is 0.328. The first-order chi connectivity index (χ1) is 8.17. The molecule has 0 saturated carbocycles. The predicted molar refractivity (Wildman–Crippen MR) is 64.3 cm³/mol. The largest absolute Gasteiger partial charge is 0.494 e. The van der Waals surface area contributed by atoms with Gasteiger partial charge in [-0.3, -0.25) is 0 Å². The Balaban J connectivity index is 2.46. The Morgan fingerprint density at radius 2 is 2.24 bits per heavy atom. The zero-order valence-corrected chi connectivity index (χ0v) is 9.77. The Labute approximate surface area is 98.8 Å². The summed E-state index contributed by atoms with van der Waals surface area (Å²) in [4.78, 5) is 4.18. The maximum absolute atomic E-state index is 13.6. The maximum Gasteiger partial charge on any atom is 0.165 e. The molecule has 0 atom stereocenters. The number of aryl methyl sites for hydroxylation is 1. The molecule has 0 aliphatic carbocycles. The molecule has 4 nitrogen and oxygen atoms in total. The lowest BCUT2D eigenvalue weighted by molar-refractivity contribution is 0.386. The first kappa shape index (κ1) is 11.4. The van der Waals surface area contributed by atoms with Crippen molar-refractivity contribution in [3.63, 3.8) is 0 Å². The lowest BCUT2D eigenvalue weighted by Crippen LogP contribution is -1.99. The zero-order chi connectivity index (χ0) is 12.4. The van der Waals surface area contributed by atoms with Gasteiger partial charge in [-0.15, -0.1) is 0 Å². The second-order valence-electron chi connectivity index (χ2n) is 3.61. The zero-order valence-electron chi connectivity index (χ0n) is 9.77. The van der Waals surface area contributed by atoms with Gasteiger partial charge in [0.2, 0.25) is 0 Å². The van der Waals surface area contributed by atoms with Crippen LogP contribution in [-0.4, -0.2) is 16.7 Å². The van der Waals surface area contributed by atoms with Crippen molar-refractivity contribution in [2.24, 2.45) is 0 Å². The number of anilines is 1. The van der Waals surface area contributed by atoms with Crippen LogP contribution in [0.25, 0.3) is 11.3 Å². The van der Waals surface area contributed by atoms with E-state index in [1.807, 2.05) is 6.92 Å². The van der Waals surface area contributed by atoms with E-state index in [9.17, 15) is 4.39 Å². The van der Waals surface area contributed by atoms with E-state index in [1.165, 1.54) is 13.2 Å². The third-order valence-corrected chi connectivity index (χ3v) is 2.64. The van der Waals surface area contributed by atoms with Crippen LogP contribution in [0.2, 0.25) is 0 Å². The predicted octanol–water partition coefficient (Wildman–Crippen LogP) is 2.30. The number of nitrogen functional groups attached to an aromatic ring is 1. The van der Waals surface area contributed by atoms with Crippen LogP contribution >= 0.6 is 0 Å². The van der Waals surface area contributed by atoms with Gasteiger partial charge in [-0.05, 0) is 25.1 Å². The summed E-state index contributed by atoms with van der Waals surface area (Å²) in [7, 11) is 1.43. The molecular weight excluding hydrogens is 221 g/mol. The Kier molecular flexibility index (Phi) is 2.99. The molecule has 0 saturated heterocycles. The first-order valence-electron chi connectivity index (χ1n) is 5.32. The van der Waals surface area contributed by atoms with Crippen LogP contribution in [0.1, 0.15) is 6.92 Å². The fourth-order valence-electron chi connectivity index (χ4n) is 1.68. The summed E-state index contributed by atoms with van der Waals surface area (Å²) in [5, 5.41) is 0. The Morgan fingerprint density at radius 3 is 2.76 bits per heavy atom. The highest BCUT2D eigenvalue weighted by Crippen LogP contribution is 2.28. The molecule has 2 rings (SSSR count).